The van der Waals surface area contributed by atoms with Gasteiger partial charge in [0, 0.05) is 29.0 Å². The smallest absolute Gasteiger partial charge is 0.275 e. The summed E-state index contributed by atoms with van der Waals surface area (Å²) in [6.07, 6.45) is 1.42. The molecule has 1 aromatic heterocycles. The van der Waals surface area contributed by atoms with Gasteiger partial charge in [-0.1, -0.05) is 0 Å². The van der Waals surface area contributed by atoms with Crippen LogP contribution in [0.5, 0.6) is 11.5 Å². The van der Waals surface area contributed by atoms with Gasteiger partial charge in [-0.2, -0.15) is 5.48 Å². The van der Waals surface area contributed by atoms with Crippen molar-refractivity contribution in [1.29, 1.82) is 0 Å². The first kappa shape index (κ1) is 17.1. The Morgan fingerprint density at radius 3 is 2.88 bits per heavy atom. The van der Waals surface area contributed by atoms with Crippen molar-refractivity contribution >= 4 is 5.69 Å². The summed E-state index contributed by atoms with van der Waals surface area (Å²) in [5.74, 6) is 0.292. The van der Waals surface area contributed by atoms with Crippen molar-refractivity contribution in [2.75, 3.05) is 7.11 Å². The molecule has 0 amide bonds. The van der Waals surface area contributed by atoms with Crippen LogP contribution in [0.3, 0.4) is 0 Å². The fraction of sp³-hybridized carbons (Fsp3) is 0.312. The minimum Gasteiger partial charge on any atom is -0.506 e. The summed E-state index contributed by atoms with van der Waals surface area (Å²) in [6.45, 7) is 1.28. The first-order valence-corrected chi connectivity index (χ1v) is 7.49. The van der Waals surface area contributed by atoms with E-state index in [1.807, 2.05) is 0 Å². The summed E-state index contributed by atoms with van der Waals surface area (Å²) in [5, 5.41) is 31.6. The molecule has 3 N–H and O–H groups in total. The Hall–Kier alpha value is -2.75. The Morgan fingerprint density at radius 2 is 2.24 bits per heavy atom. The number of aliphatic hydroxyl groups excluding tert-OH is 1. The van der Waals surface area contributed by atoms with Gasteiger partial charge >= 0.3 is 0 Å². The number of methoxy groups -OCH3 is 1. The largest absolute Gasteiger partial charge is 0.506 e. The monoisotopic (exact) mass is 347 g/mol. The number of hydrogen-bond donors (Lipinski definition) is 3. The van der Waals surface area contributed by atoms with E-state index in [2.05, 4.69) is 10.5 Å². The van der Waals surface area contributed by atoms with Crippen LogP contribution in [0.2, 0.25) is 0 Å². The Morgan fingerprint density at radius 1 is 1.48 bits per heavy atom. The van der Waals surface area contributed by atoms with E-state index in [0.29, 0.717) is 28.1 Å². The number of pyridine rings is 1. The highest BCUT2D eigenvalue weighted by molar-refractivity contribution is 5.59. The molecule has 3 rings (SSSR count). The molecule has 132 valence electrons. The first-order chi connectivity index (χ1) is 12.0. The van der Waals surface area contributed by atoms with Crippen LogP contribution >= 0.6 is 0 Å². The lowest BCUT2D eigenvalue weighted by Gasteiger charge is -2.29. The molecule has 0 aliphatic carbocycles. The molecule has 9 nitrogen and oxygen atoms in total. The molecule has 0 radical (unpaired) electrons. The quantitative estimate of drug-likeness (QED) is 0.562. The molecule has 1 aromatic carbocycles. The Labute approximate surface area is 142 Å². The van der Waals surface area contributed by atoms with E-state index >= 15 is 0 Å². The average Bonchev–Trinajstić information content (AvgIpc) is 2.62. The number of nitrogens with zero attached hydrogens (tertiary/aromatic N) is 2. The Bertz CT molecular complexity index is 839. The number of aromatic nitrogens is 1. The van der Waals surface area contributed by atoms with Gasteiger partial charge < -0.3 is 14.9 Å². The van der Waals surface area contributed by atoms with Gasteiger partial charge in [0.25, 0.3) is 5.69 Å². The number of fused-ring (bicyclic) bond motifs is 1. The second kappa shape index (κ2) is 6.63. The van der Waals surface area contributed by atoms with E-state index in [1.165, 1.54) is 25.4 Å². The van der Waals surface area contributed by atoms with Crippen molar-refractivity contribution < 1.29 is 24.7 Å². The predicted molar refractivity (Wildman–Crippen MR) is 86.0 cm³/mol. The van der Waals surface area contributed by atoms with Crippen LogP contribution in [0.1, 0.15) is 34.0 Å². The molecule has 1 atom stereocenters. The fourth-order valence-corrected chi connectivity index (χ4v) is 3.01. The van der Waals surface area contributed by atoms with Crippen LogP contribution in [-0.4, -0.2) is 27.2 Å². The van der Waals surface area contributed by atoms with Gasteiger partial charge in [-0.05, 0) is 13.0 Å². The molecule has 0 bridgehead atoms. The van der Waals surface area contributed by atoms with Crippen LogP contribution in [-0.2, 0) is 18.1 Å². The molecule has 1 aliphatic heterocycles. The van der Waals surface area contributed by atoms with Crippen molar-refractivity contribution in [3.63, 3.8) is 0 Å². The molecular weight excluding hydrogens is 330 g/mol. The summed E-state index contributed by atoms with van der Waals surface area (Å²) >= 11 is 0. The number of hydroxylamine groups is 1. The average molecular weight is 347 g/mol. The molecule has 1 aliphatic rings. The zero-order chi connectivity index (χ0) is 18.1. The maximum Gasteiger partial charge on any atom is 0.275 e. The molecule has 0 saturated carbocycles. The number of aliphatic hydroxyl groups is 1. The zero-order valence-electron chi connectivity index (χ0n) is 13.6. The standard InChI is InChI=1S/C16H17N3O6/c1-8-16(21)13(9(6-20)5-17-8)15-14-10(7-25-18-15)12(24-2)4-3-11(14)19(22)23/h3-5,15,18,20-21H,6-7H2,1-2H3/t15-/m0/s1. The maximum atomic E-state index is 11.5. The number of ether oxygens (including phenoxy) is 1. The van der Waals surface area contributed by atoms with Crippen LogP contribution in [0.15, 0.2) is 18.3 Å². The third-order valence-corrected chi connectivity index (χ3v) is 4.23. The third-order valence-electron chi connectivity index (χ3n) is 4.23. The minimum absolute atomic E-state index is 0.0654. The molecule has 0 unspecified atom stereocenters. The molecule has 2 heterocycles. The van der Waals surface area contributed by atoms with Gasteiger partial charge in [0.1, 0.15) is 11.5 Å². The van der Waals surface area contributed by atoms with Crippen LogP contribution in [0, 0.1) is 17.0 Å². The number of nitrogens with one attached hydrogen (secondary N) is 1. The van der Waals surface area contributed by atoms with Crippen LogP contribution in [0.4, 0.5) is 5.69 Å². The normalized spacial score (nSPS) is 16.4. The van der Waals surface area contributed by atoms with E-state index in [1.54, 1.807) is 6.92 Å². The SMILES string of the molecule is COc1ccc([N+](=O)[O-])c2c1CON[C@H]2c1c(CO)cnc(C)c1O. The minimum atomic E-state index is -0.858. The van der Waals surface area contributed by atoms with Crippen molar-refractivity contribution in [3.8, 4) is 11.5 Å². The van der Waals surface area contributed by atoms with Crippen LogP contribution in [0.25, 0.3) is 0 Å². The van der Waals surface area contributed by atoms with E-state index in [9.17, 15) is 20.3 Å². The van der Waals surface area contributed by atoms with E-state index in [-0.39, 0.29) is 30.2 Å². The highest BCUT2D eigenvalue weighted by Crippen LogP contribution is 2.43. The second-order valence-corrected chi connectivity index (χ2v) is 5.57. The topological polar surface area (TPSA) is 127 Å². The summed E-state index contributed by atoms with van der Waals surface area (Å²) < 4.78 is 5.29. The lowest BCUT2D eigenvalue weighted by Crippen LogP contribution is -2.31. The van der Waals surface area contributed by atoms with Gasteiger partial charge in [0.05, 0.1) is 42.5 Å². The zero-order valence-corrected chi connectivity index (χ0v) is 13.6. The first-order valence-electron chi connectivity index (χ1n) is 7.49. The van der Waals surface area contributed by atoms with Crippen molar-refractivity contribution in [1.82, 2.24) is 10.5 Å². The fourth-order valence-electron chi connectivity index (χ4n) is 3.01. The highest BCUT2D eigenvalue weighted by Gasteiger charge is 2.35. The lowest BCUT2D eigenvalue weighted by atomic mass is 9.89. The second-order valence-electron chi connectivity index (χ2n) is 5.57. The van der Waals surface area contributed by atoms with Gasteiger partial charge in [0.2, 0.25) is 0 Å². The van der Waals surface area contributed by atoms with E-state index < -0.39 is 11.0 Å². The molecule has 0 saturated heterocycles. The molecule has 25 heavy (non-hydrogen) atoms. The number of nitro benzene ring substituents is 1. The maximum absolute atomic E-state index is 11.5. The molecule has 9 heteroatoms. The van der Waals surface area contributed by atoms with Gasteiger partial charge in [-0.15, -0.1) is 0 Å². The number of hydrogen-bond acceptors (Lipinski definition) is 8. The highest BCUT2D eigenvalue weighted by atomic mass is 16.6. The predicted octanol–water partition coefficient (Wildman–Crippen LogP) is 1.63. The van der Waals surface area contributed by atoms with E-state index in [4.69, 9.17) is 9.57 Å². The molecule has 0 fully saturated rings. The molecular formula is C16H17N3O6. The Kier molecular flexibility index (Phi) is 4.53. The number of aromatic hydroxyl groups is 1. The summed E-state index contributed by atoms with van der Waals surface area (Å²) in [5.41, 5.74) is 4.40. The third kappa shape index (κ3) is 2.78. The van der Waals surface area contributed by atoms with Crippen molar-refractivity contribution in [2.45, 2.75) is 26.2 Å². The molecule has 0 spiro atoms. The van der Waals surface area contributed by atoms with Gasteiger partial charge in [-0.25, -0.2) is 0 Å². The Balaban J connectivity index is 2.31. The summed E-state index contributed by atoms with van der Waals surface area (Å²) in [4.78, 5) is 20.4. The summed E-state index contributed by atoms with van der Waals surface area (Å²) in [6, 6.07) is 2.00. The van der Waals surface area contributed by atoms with Crippen molar-refractivity contribution in [2.24, 2.45) is 0 Å². The molecule has 2 aromatic rings. The van der Waals surface area contributed by atoms with Crippen LogP contribution < -0.4 is 10.2 Å². The van der Waals surface area contributed by atoms with Gasteiger partial charge in [0.15, 0.2) is 0 Å². The number of aryl methyl sites for hydroxylation is 1. The van der Waals surface area contributed by atoms with Gasteiger partial charge in [-0.3, -0.25) is 19.9 Å². The number of nitro groups is 1. The summed E-state index contributed by atoms with van der Waals surface area (Å²) in [7, 11) is 1.46. The van der Waals surface area contributed by atoms with Crippen molar-refractivity contribution in [3.05, 3.63) is 56.4 Å². The number of benzene rings is 1. The number of rotatable bonds is 4. The van der Waals surface area contributed by atoms with E-state index in [0.717, 1.165) is 0 Å². The lowest BCUT2D eigenvalue weighted by molar-refractivity contribution is -0.386.